The van der Waals surface area contributed by atoms with Gasteiger partial charge in [-0.1, -0.05) is 34.6 Å². The second-order valence-electron chi connectivity index (χ2n) is 8.21. The molecule has 4 amide bonds. The summed E-state index contributed by atoms with van der Waals surface area (Å²) in [5.74, 6) is -0.864. The van der Waals surface area contributed by atoms with Gasteiger partial charge in [0.25, 0.3) is 11.8 Å². The fourth-order valence-electron chi connectivity index (χ4n) is 3.29. The van der Waals surface area contributed by atoms with E-state index in [4.69, 9.17) is 0 Å². The van der Waals surface area contributed by atoms with Crippen LogP contribution in [0.2, 0.25) is 0 Å². The van der Waals surface area contributed by atoms with Crippen LogP contribution in [0.5, 0.6) is 0 Å². The van der Waals surface area contributed by atoms with Gasteiger partial charge in [-0.25, -0.2) is 9.69 Å². The highest BCUT2D eigenvalue weighted by Gasteiger charge is 2.35. The van der Waals surface area contributed by atoms with Gasteiger partial charge in [0, 0.05) is 23.8 Å². The van der Waals surface area contributed by atoms with Crippen molar-refractivity contribution >= 4 is 35.0 Å². The monoisotopic (exact) mass is 399 g/mol. The first-order valence-electron chi connectivity index (χ1n) is 9.85. The number of carbonyl (C=O) groups is 4. The van der Waals surface area contributed by atoms with Crippen molar-refractivity contribution in [2.75, 3.05) is 10.2 Å². The molecule has 0 aliphatic carbocycles. The molecule has 1 heterocycles. The van der Waals surface area contributed by atoms with E-state index in [1.807, 2.05) is 34.6 Å². The number of rotatable bonds is 7. The number of urea groups is 1. The molecule has 0 radical (unpaired) electrons. The van der Waals surface area contributed by atoms with Crippen molar-refractivity contribution in [1.29, 1.82) is 0 Å². The summed E-state index contributed by atoms with van der Waals surface area (Å²) in [5.41, 5.74) is 0.484. The van der Waals surface area contributed by atoms with Crippen LogP contribution in [0.1, 0.15) is 47.5 Å². The van der Waals surface area contributed by atoms with Crippen LogP contribution in [0.4, 0.5) is 16.2 Å². The largest absolute Gasteiger partial charge is 0.328 e. The molecule has 0 saturated heterocycles. The van der Waals surface area contributed by atoms with Crippen LogP contribution < -0.4 is 15.5 Å². The van der Waals surface area contributed by atoms with Gasteiger partial charge in [0.15, 0.2) is 5.78 Å². The van der Waals surface area contributed by atoms with Crippen LogP contribution >= 0.6 is 0 Å². The fraction of sp³-hybridized carbons (Fsp3) is 0.455. The number of carbonyl (C=O) groups excluding carboxylic acids is 4. The van der Waals surface area contributed by atoms with E-state index in [0.717, 1.165) is 17.7 Å². The van der Waals surface area contributed by atoms with Crippen LogP contribution in [0.15, 0.2) is 36.4 Å². The average molecular weight is 399 g/mol. The third-order valence-electron chi connectivity index (χ3n) is 5.01. The number of hydrogen-bond donors (Lipinski definition) is 2. The summed E-state index contributed by atoms with van der Waals surface area (Å²) in [6.07, 6.45) is 3.89. The van der Waals surface area contributed by atoms with Crippen LogP contribution in [0.3, 0.4) is 0 Å². The van der Waals surface area contributed by atoms with Crippen molar-refractivity contribution < 1.29 is 19.2 Å². The molecule has 0 bridgehead atoms. The van der Waals surface area contributed by atoms with Gasteiger partial charge in [-0.05, 0) is 42.5 Å². The molecule has 7 heteroatoms. The number of hydrogen-bond acceptors (Lipinski definition) is 4. The summed E-state index contributed by atoms with van der Waals surface area (Å²) >= 11 is 0. The lowest BCUT2D eigenvalue weighted by molar-refractivity contribution is -0.127. The molecule has 2 rings (SSSR count). The van der Waals surface area contributed by atoms with Crippen LogP contribution in [0, 0.1) is 11.3 Å². The number of amides is 4. The summed E-state index contributed by atoms with van der Waals surface area (Å²) in [7, 11) is 0. The fourth-order valence-corrected chi connectivity index (χ4v) is 3.29. The lowest BCUT2D eigenvalue weighted by atomic mass is 9.79. The van der Waals surface area contributed by atoms with Crippen LogP contribution in [0.25, 0.3) is 0 Å². The standard InChI is InChI=1S/C22H29N3O4/c1-6-14(7-2)19(28)20(22(3,4)5)24-21(29)23-15-8-10-16(11-9-15)25-17(26)12-13-18(25)27/h8-14,20H,6-7H2,1-5H3,(H2,23,24,29). The Hall–Kier alpha value is -2.96. The second-order valence-corrected chi connectivity index (χ2v) is 8.21. The van der Waals surface area contributed by atoms with E-state index in [2.05, 4.69) is 10.6 Å². The van der Waals surface area contributed by atoms with E-state index in [9.17, 15) is 19.2 Å². The number of anilines is 2. The number of ketones is 1. The topological polar surface area (TPSA) is 95.6 Å². The molecular formula is C22H29N3O4. The van der Waals surface area contributed by atoms with Crippen LogP contribution in [-0.2, 0) is 14.4 Å². The summed E-state index contributed by atoms with van der Waals surface area (Å²) in [6.45, 7) is 9.71. The van der Waals surface area contributed by atoms with Gasteiger partial charge in [-0.3, -0.25) is 14.4 Å². The molecule has 1 atom stereocenters. The molecule has 7 nitrogen and oxygen atoms in total. The smallest absolute Gasteiger partial charge is 0.319 e. The molecular weight excluding hydrogens is 370 g/mol. The van der Waals surface area contributed by atoms with Crippen molar-refractivity contribution in [3.63, 3.8) is 0 Å². The third-order valence-corrected chi connectivity index (χ3v) is 5.01. The molecule has 0 saturated carbocycles. The normalized spacial score (nSPS) is 15.0. The number of imide groups is 1. The van der Waals surface area contributed by atoms with E-state index < -0.39 is 29.3 Å². The van der Waals surface area contributed by atoms with Crippen molar-refractivity contribution in [3.05, 3.63) is 36.4 Å². The molecule has 1 aromatic carbocycles. The van der Waals surface area contributed by atoms with Crippen molar-refractivity contribution in [2.45, 2.75) is 53.5 Å². The molecule has 1 aliphatic heterocycles. The van der Waals surface area contributed by atoms with E-state index in [-0.39, 0.29) is 11.7 Å². The minimum atomic E-state index is -0.613. The molecule has 0 aromatic heterocycles. The number of Topliss-reactive ketones (excluding diaryl/α,β-unsaturated/α-hetero) is 1. The maximum atomic E-state index is 12.9. The Morgan fingerprint density at radius 2 is 1.48 bits per heavy atom. The number of nitrogens with one attached hydrogen (secondary N) is 2. The summed E-state index contributed by atoms with van der Waals surface area (Å²) in [5, 5.41) is 5.52. The van der Waals surface area contributed by atoms with Gasteiger partial charge >= 0.3 is 6.03 Å². The molecule has 0 spiro atoms. The Balaban J connectivity index is 2.07. The Kier molecular flexibility index (Phi) is 6.95. The number of benzene rings is 1. The summed E-state index contributed by atoms with van der Waals surface area (Å²) in [4.78, 5) is 49.9. The molecule has 1 aliphatic rings. The predicted molar refractivity (Wildman–Crippen MR) is 113 cm³/mol. The maximum absolute atomic E-state index is 12.9. The van der Waals surface area contributed by atoms with Gasteiger partial charge in [0.1, 0.15) is 0 Å². The van der Waals surface area contributed by atoms with Gasteiger partial charge in [-0.15, -0.1) is 0 Å². The molecule has 29 heavy (non-hydrogen) atoms. The van der Waals surface area contributed by atoms with E-state index in [0.29, 0.717) is 11.4 Å². The highest BCUT2D eigenvalue weighted by Crippen LogP contribution is 2.25. The first-order chi connectivity index (χ1) is 13.6. The molecule has 1 unspecified atom stereocenters. The lowest BCUT2D eigenvalue weighted by Gasteiger charge is -2.32. The molecule has 2 N–H and O–H groups in total. The summed E-state index contributed by atoms with van der Waals surface area (Å²) < 4.78 is 0. The highest BCUT2D eigenvalue weighted by atomic mass is 16.2. The second kappa shape index (κ2) is 9.03. The van der Waals surface area contributed by atoms with E-state index >= 15 is 0 Å². The van der Waals surface area contributed by atoms with Gasteiger partial charge in [-0.2, -0.15) is 0 Å². The van der Waals surface area contributed by atoms with Crippen LogP contribution in [-0.4, -0.2) is 29.7 Å². The quantitative estimate of drug-likeness (QED) is 0.684. The van der Waals surface area contributed by atoms with E-state index in [1.54, 1.807) is 24.3 Å². The van der Waals surface area contributed by atoms with Gasteiger partial charge in [0.2, 0.25) is 0 Å². The number of nitrogens with zero attached hydrogens (tertiary/aromatic N) is 1. The summed E-state index contributed by atoms with van der Waals surface area (Å²) in [6, 6.07) is 5.26. The van der Waals surface area contributed by atoms with Crippen molar-refractivity contribution in [1.82, 2.24) is 5.32 Å². The Morgan fingerprint density at radius 3 is 1.93 bits per heavy atom. The minimum absolute atomic E-state index is 0.0338. The zero-order valence-corrected chi connectivity index (χ0v) is 17.6. The lowest BCUT2D eigenvalue weighted by Crippen LogP contribution is -2.52. The Morgan fingerprint density at radius 1 is 0.966 bits per heavy atom. The molecule has 0 fully saturated rings. The predicted octanol–water partition coefficient (Wildman–Crippen LogP) is 3.66. The first kappa shape index (κ1) is 22.3. The highest BCUT2D eigenvalue weighted by molar-refractivity contribution is 6.28. The van der Waals surface area contributed by atoms with Crippen molar-refractivity contribution in [3.8, 4) is 0 Å². The molecule has 1 aromatic rings. The minimum Gasteiger partial charge on any atom is -0.328 e. The van der Waals surface area contributed by atoms with Crippen molar-refractivity contribution in [2.24, 2.45) is 11.3 Å². The molecule has 156 valence electrons. The average Bonchev–Trinajstić information content (AvgIpc) is 2.99. The Bertz CT molecular complexity index is 799. The van der Waals surface area contributed by atoms with Gasteiger partial charge in [0.05, 0.1) is 11.7 Å². The first-order valence-corrected chi connectivity index (χ1v) is 9.85. The Labute approximate surface area is 171 Å². The third kappa shape index (κ3) is 5.31. The maximum Gasteiger partial charge on any atom is 0.319 e. The zero-order chi connectivity index (χ0) is 21.8. The van der Waals surface area contributed by atoms with Gasteiger partial charge < -0.3 is 10.6 Å². The van der Waals surface area contributed by atoms with E-state index in [1.165, 1.54) is 12.2 Å². The SMILES string of the molecule is CCC(CC)C(=O)C(NC(=O)Nc1ccc(N2C(=O)C=CC2=O)cc1)C(C)(C)C. The zero-order valence-electron chi connectivity index (χ0n) is 17.6.